The van der Waals surface area contributed by atoms with Crippen LogP contribution in [0, 0.1) is 0 Å². The Labute approximate surface area is 137 Å². The van der Waals surface area contributed by atoms with Crippen LogP contribution in [0.15, 0.2) is 36.8 Å². The number of aromatic nitrogens is 3. The van der Waals surface area contributed by atoms with Gasteiger partial charge in [0.2, 0.25) is 5.91 Å². The third-order valence-corrected chi connectivity index (χ3v) is 4.17. The van der Waals surface area contributed by atoms with Gasteiger partial charge in [0.05, 0.1) is 12.5 Å². The fourth-order valence-electron chi connectivity index (χ4n) is 2.86. The smallest absolute Gasteiger partial charge is 0.342 e. The molecule has 0 aromatic carbocycles. The van der Waals surface area contributed by atoms with Crippen LogP contribution in [0.4, 0.5) is 13.2 Å². The molecule has 0 bridgehead atoms. The highest BCUT2D eigenvalue weighted by Gasteiger charge is 2.34. The fraction of sp³-hybridized carbons (Fsp3) is 0.438. The lowest BCUT2D eigenvalue weighted by molar-refractivity contribution is -0.141. The molecule has 0 spiro atoms. The Kier molecular flexibility index (Phi) is 4.55. The predicted octanol–water partition coefficient (Wildman–Crippen LogP) is 2.70. The summed E-state index contributed by atoms with van der Waals surface area (Å²) in [6.07, 6.45) is 1.73. The summed E-state index contributed by atoms with van der Waals surface area (Å²) in [5.41, 5.74) is -0.0240. The van der Waals surface area contributed by atoms with Crippen molar-refractivity contribution in [2.45, 2.75) is 31.5 Å². The minimum Gasteiger partial charge on any atom is -0.342 e. The highest BCUT2D eigenvalue weighted by atomic mass is 19.4. The lowest BCUT2D eigenvalue weighted by Crippen LogP contribution is -2.40. The summed E-state index contributed by atoms with van der Waals surface area (Å²) >= 11 is 0. The number of alkyl halides is 3. The van der Waals surface area contributed by atoms with E-state index in [9.17, 15) is 18.0 Å². The zero-order valence-corrected chi connectivity index (χ0v) is 12.9. The fourth-order valence-corrected chi connectivity index (χ4v) is 2.86. The highest BCUT2D eigenvalue weighted by Crippen LogP contribution is 2.29. The standard InChI is InChI=1S/C16H17F3N4O/c17-16(18,19)14-5-9-23(21-14)13-3-7-22(8-4-13)15(24)10-12-2-1-6-20-11-12/h1-2,5-6,9,11,13H,3-4,7-8,10H2. The maximum Gasteiger partial charge on any atom is 0.435 e. The van der Waals surface area contributed by atoms with E-state index < -0.39 is 11.9 Å². The van der Waals surface area contributed by atoms with Crippen LogP contribution in [0.5, 0.6) is 0 Å². The first-order chi connectivity index (χ1) is 11.4. The van der Waals surface area contributed by atoms with Crippen LogP contribution in [0.2, 0.25) is 0 Å². The first kappa shape index (κ1) is 16.5. The Bertz CT molecular complexity index is 691. The molecule has 0 unspecified atom stereocenters. The number of amides is 1. The average Bonchev–Trinajstić information content (AvgIpc) is 3.06. The normalized spacial score (nSPS) is 16.4. The molecule has 0 saturated carbocycles. The number of carbonyl (C=O) groups is 1. The second-order valence-electron chi connectivity index (χ2n) is 5.83. The van der Waals surface area contributed by atoms with Gasteiger partial charge in [-0.05, 0) is 30.5 Å². The van der Waals surface area contributed by atoms with Crippen molar-refractivity contribution < 1.29 is 18.0 Å². The van der Waals surface area contributed by atoms with Gasteiger partial charge >= 0.3 is 6.18 Å². The number of piperidine rings is 1. The van der Waals surface area contributed by atoms with Crippen LogP contribution in [0.3, 0.4) is 0 Å². The van der Waals surface area contributed by atoms with Gasteiger partial charge in [-0.25, -0.2) is 0 Å². The molecule has 8 heteroatoms. The summed E-state index contributed by atoms with van der Waals surface area (Å²) in [4.78, 5) is 18.0. The third kappa shape index (κ3) is 3.74. The largest absolute Gasteiger partial charge is 0.435 e. The van der Waals surface area contributed by atoms with Gasteiger partial charge in [-0.15, -0.1) is 0 Å². The lowest BCUT2D eigenvalue weighted by atomic mass is 10.0. The van der Waals surface area contributed by atoms with Crippen LogP contribution in [0.25, 0.3) is 0 Å². The molecule has 2 aromatic rings. The molecule has 1 fully saturated rings. The molecule has 3 heterocycles. The summed E-state index contributed by atoms with van der Waals surface area (Å²) in [5, 5.41) is 3.62. The van der Waals surface area contributed by atoms with Crippen LogP contribution in [-0.2, 0) is 17.4 Å². The molecule has 128 valence electrons. The summed E-state index contributed by atoms with van der Waals surface area (Å²) in [5.74, 6) is 0.0119. The van der Waals surface area contributed by atoms with Gasteiger partial charge in [0.25, 0.3) is 0 Å². The Balaban J connectivity index is 1.56. The number of halogens is 3. The summed E-state index contributed by atoms with van der Waals surface area (Å²) in [7, 11) is 0. The van der Waals surface area contributed by atoms with Crippen molar-refractivity contribution in [1.29, 1.82) is 0 Å². The van der Waals surface area contributed by atoms with Gasteiger partial charge in [0.1, 0.15) is 0 Å². The number of rotatable bonds is 3. The van der Waals surface area contributed by atoms with Crippen molar-refractivity contribution in [2.75, 3.05) is 13.1 Å². The second kappa shape index (κ2) is 6.62. The van der Waals surface area contributed by atoms with E-state index in [4.69, 9.17) is 0 Å². The van der Waals surface area contributed by atoms with Crippen LogP contribution in [0.1, 0.15) is 30.1 Å². The van der Waals surface area contributed by atoms with Crippen molar-refractivity contribution in [3.63, 3.8) is 0 Å². The zero-order valence-electron chi connectivity index (χ0n) is 12.9. The Morgan fingerprint density at radius 1 is 1.25 bits per heavy atom. The molecule has 0 N–H and O–H groups in total. The van der Waals surface area contributed by atoms with Crippen molar-refractivity contribution in [3.8, 4) is 0 Å². The number of hydrogen-bond donors (Lipinski definition) is 0. The molecule has 0 atom stereocenters. The van der Waals surface area contributed by atoms with E-state index in [0.29, 0.717) is 32.4 Å². The minimum absolute atomic E-state index is 0.0119. The van der Waals surface area contributed by atoms with Crippen molar-refractivity contribution >= 4 is 5.91 Å². The van der Waals surface area contributed by atoms with E-state index in [0.717, 1.165) is 11.6 Å². The van der Waals surface area contributed by atoms with Crippen LogP contribution in [-0.4, -0.2) is 38.7 Å². The zero-order chi connectivity index (χ0) is 17.2. The molecule has 24 heavy (non-hydrogen) atoms. The molecule has 5 nitrogen and oxygen atoms in total. The van der Waals surface area contributed by atoms with E-state index in [1.54, 1.807) is 23.4 Å². The minimum atomic E-state index is -4.42. The number of nitrogens with zero attached hydrogens (tertiary/aromatic N) is 4. The van der Waals surface area contributed by atoms with Gasteiger partial charge in [-0.3, -0.25) is 14.5 Å². The van der Waals surface area contributed by atoms with Crippen molar-refractivity contribution in [1.82, 2.24) is 19.7 Å². The number of likely N-dealkylation sites (tertiary alicyclic amines) is 1. The first-order valence-electron chi connectivity index (χ1n) is 7.72. The summed E-state index contributed by atoms with van der Waals surface area (Å²) in [6.45, 7) is 1.04. The molecule has 2 aromatic heterocycles. The summed E-state index contributed by atoms with van der Waals surface area (Å²) in [6, 6.07) is 4.51. The van der Waals surface area contributed by atoms with Crippen molar-refractivity contribution in [3.05, 3.63) is 48.0 Å². The van der Waals surface area contributed by atoms with Gasteiger partial charge in [-0.1, -0.05) is 6.07 Å². The van der Waals surface area contributed by atoms with Crippen molar-refractivity contribution in [2.24, 2.45) is 0 Å². The van der Waals surface area contributed by atoms with E-state index >= 15 is 0 Å². The number of pyridine rings is 1. The average molecular weight is 338 g/mol. The Hall–Kier alpha value is -2.38. The van der Waals surface area contributed by atoms with Gasteiger partial charge in [-0.2, -0.15) is 18.3 Å². The van der Waals surface area contributed by atoms with Crippen LogP contribution >= 0.6 is 0 Å². The number of hydrogen-bond acceptors (Lipinski definition) is 3. The highest BCUT2D eigenvalue weighted by molar-refractivity contribution is 5.78. The molecular formula is C16H17F3N4O. The van der Waals surface area contributed by atoms with Crippen LogP contribution < -0.4 is 0 Å². The molecule has 1 aliphatic heterocycles. The van der Waals surface area contributed by atoms with E-state index in [1.165, 1.54) is 10.9 Å². The molecule has 1 saturated heterocycles. The van der Waals surface area contributed by atoms with E-state index in [1.807, 2.05) is 6.07 Å². The second-order valence-corrected chi connectivity index (χ2v) is 5.83. The van der Waals surface area contributed by atoms with Gasteiger partial charge in [0.15, 0.2) is 5.69 Å². The number of carbonyl (C=O) groups excluding carboxylic acids is 1. The quantitative estimate of drug-likeness (QED) is 0.865. The monoisotopic (exact) mass is 338 g/mol. The lowest BCUT2D eigenvalue weighted by Gasteiger charge is -2.32. The van der Waals surface area contributed by atoms with E-state index in [-0.39, 0.29) is 11.9 Å². The molecule has 0 radical (unpaired) electrons. The molecule has 1 amide bonds. The van der Waals surface area contributed by atoms with Gasteiger partial charge < -0.3 is 4.90 Å². The molecule has 3 rings (SSSR count). The third-order valence-electron chi connectivity index (χ3n) is 4.17. The SMILES string of the molecule is O=C(Cc1cccnc1)N1CCC(n2ccc(C(F)(F)F)n2)CC1. The Morgan fingerprint density at radius 2 is 2.00 bits per heavy atom. The molecule has 1 aliphatic rings. The maximum absolute atomic E-state index is 12.6. The Morgan fingerprint density at radius 3 is 2.58 bits per heavy atom. The first-order valence-corrected chi connectivity index (χ1v) is 7.72. The topological polar surface area (TPSA) is 51.0 Å². The maximum atomic E-state index is 12.6. The molecular weight excluding hydrogens is 321 g/mol. The van der Waals surface area contributed by atoms with Gasteiger partial charge in [0, 0.05) is 31.7 Å². The predicted molar refractivity (Wildman–Crippen MR) is 80.0 cm³/mol. The molecule has 0 aliphatic carbocycles. The summed E-state index contributed by atoms with van der Waals surface area (Å²) < 4.78 is 39.2. The van der Waals surface area contributed by atoms with E-state index in [2.05, 4.69) is 10.1 Å².